The molecule has 1 heterocycles. The first-order valence-electron chi connectivity index (χ1n) is 6.35. The Morgan fingerprint density at radius 1 is 1.27 bits per heavy atom. The van der Waals surface area contributed by atoms with Crippen molar-refractivity contribution in [2.24, 2.45) is 5.92 Å². The number of aliphatic hydroxyl groups is 1. The van der Waals surface area contributed by atoms with E-state index in [0.29, 0.717) is 12.7 Å². The Hall–Kier alpha value is -0.120. The van der Waals surface area contributed by atoms with Crippen molar-refractivity contribution in [3.8, 4) is 0 Å². The lowest BCUT2D eigenvalue weighted by Gasteiger charge is -2.17. The molecule has 2 fully saturated rings. The highest BCUT2D eigenvalue weighted by molar-refractivity contribution is 4.74. The Balaban J connectivity index is 1.57. The van der Waals surface area contributed by atoms with Gasteiger partial charge in [-0.1, -0.05) is 25.7 Å². The maximum Gasteiger partial charge on any atom is 0.0776 e. The van der Waals surface area contributed by atoms with E-state index in [9.17, 15) is 5.11 Å². The molecule has 1 saturated carbocycles. The third kappa shape index (κ3) is 3.74. The Labute approximate surface area is 92.2 Å². The van der Waals surface area contributed by atoms with E-state index in [2.05, 4.69) is 5.32 Å². The monoisotopic (exact) mass is 213 g/mol. The minimum absolute atomic E-state index is 0.242. The van der Waals surface area contributed by atoms with Gasteiger partial charge in [0.05, 0.1) is 18.8 Å². The van der Waals surface area contributed by atoms with Gasteiger partial charge >= 0.3 is 0 Å². The number of ether oxygens (including phenoxy) is 1. The minimum Gasteiger partial charge on any atom is -0.391 e. The molecule has 1 saturated heterocycles. The molecule has 2 aliphatic rings. The van der Waals surface area contributed by atoms with Crippen molar-refractivity contribution in [1.29, 1.82) is 0 Å². The largest absolute Gasteiger partial charge is 0.391 e. The van der Waals surface area contributed by atoms with Crippen molar-refractivity contribution < 1.29 is 9.84 Å². The van der Waals surface area contributed by atoms with Crippen LogP contribution in [-0.4, -0.2) is 37.0 Å². The zero-order valence-electron chi connectivity index (χ0n) is 9.45. The summed E-state index contributed by atoms with van der Waals surface area (Å²) in [6, 6.07) is 0. The van der Waals surface area contributed by atoms with Crippen LogP contribution in [0.4, 0.5) is 0 Å². The maximum atomic E-state index is 9.82. The van der Waals surface area contributed by atoms with Gasteiger partial charge in [-0.15, -0.1) is 0 Å². The lowest BCUT2D eigenvalue weighted by molar-refractivity contribution is -0.00931. The molecule has 0 spiro atoms. The molecular weight excluding hydrogens is 190 g/mol. The summed E-state index contributed by atoms with van der Waals surface area (Å²) >= 11 is 0. The van der Waals surface area contributed by atoms with Gasteiger partial charge in [0.2, 0.25) is 0 Å². The molecule has 2 rings (SSSR count). The molecule has 0 aromatic carbocycles. The van der Waals surface area contributed by atoms with Gasteiger partial charge in [-0.05, 0) is 25.3 Å². The summed E-state index contributed by atoms with van der Waals surface area (Å²) in [6.07, 6.45) is 7.45. The molecule has 0 aromatic heterocycles. The zero-order chi connectivity index (χ0) is 10.5. The smallest absolute Gasteiger partial charge is 0.0776 e. The molecule has 1 aliphatic heterocycles. The molecule has 3 heteroatoms. The highest BCUT2D eigenvalue weighted by Gasteiger charge is 2.21. The number of hydrogen-bond donors (Lipinski definition) is 2. The number of nitrogens with one attached hydrogen (secondary N) is 1. The Kier molecular flexibility index (Phi) is 4.42. The van der Waals surface area contributed by atoms with Gasteiger partial charge in [0, 0.05) is 6.54 Å². The first-order valence-corrected chi connectivity index (χ1v) is 6.35. The topological polar surface area (TPSA) is 41.5 Å². The zero-order valence-corrected chi connectivity index (χ0v) is 9.45. The van der Waals surface area contributed by atoms with Crippen LogP contribution in [0.5, 0.6) is 0 Å². The van der Waals surface area contributed by atoms with E-state index in [4.69, 9.17) is 4.74 Å². The van der Waals surface area contributed by atoms with Gasteiger partial charge < -0.3 is 15.2 Å². The predicted octanol–water partition coefficient (Wildman–Crippen LogP) is 1.31. The van der Waals surface area contributed by atoms with Crippen molar-refractivity contribution >= 4 is 0 Å². The van der Waals surface area contributed by atoms with Crippen molar-refractivity contribution in [2.75, 3.05) is 19.7 Å². The van der Waals surface area contributed by atoms with E-state index >= 15 is 0 Å². The van der Waals surface area contributed by atoms with Crippen molar-refractivity contribution in [2.45, 2.75) is 50.7 Å². The fourth-order valence-electron chi connectivity index (χ4n) is 2.72. The third-order valence-electron chi connectivity index (χ3n) is 3.62. The Morgan fingerprint density at radius 3 is 2.73 bits per heavy atom. The van der Waals surface area contributed by atoms with Crippen LogP contribution in [0.2, 0.25) is 0 Å². The van der Waals surface area contributed by atoms with Crippen LogP contribution in [0.25, 0.3) is 0 Å². The standard InChI is InChI=1S/C12H23NO2/c14-11(7-10-3-1-2-4-10)9-15-12-5-6-13-8-12/h10-14H,1-9H2. The average Bonchev–Trinajstić information content (AvgIpc) is 2.86. The average molecular weight is 213 g/mol. The number of rotatable bonds is 5. The van der Waals surface area contributed by atoms with Crippen LogP contribution in [0.15, 0.2) is 0 Å². The normalized spacial score (nSPS) is 29.8. The van der Waals surface area contributed by atoms with Gasteiger partial charge in [-0.25, -0.2) is 0 Å². The molecule has 3 nitrogen and oxygen atoms in total. The molecule has 2 N–H and O–H groups in total. The molecule has 88 valence electrons. The maximum absolute atomic E-state index is 9.82. The molecule has 0 amide bonds. The first kappa shape index (κ1) is 11.4. The summed E-state index contributed by atoms with van der Waals surface area (Å²) in [5, 5.41) is 13.1. The second kappa shape index (κ2) is 5.83. The lowest BCUT2D eigenvalue weighted by Crippen LogP contribution is -2.24. The number of aliphatic hydroxyl groups excluding tert-OH is 1. The van der Waals surface area contributed by atoms with E-state index in [1.165, 1.54) is 25.7 Å². The van der Waals surface area contributed by atoms with E-state index < -0.39 is 0 Å². The highest BCUT2D eigenvalue weighted by Crippen LogP contribution is 2.28. The quantitative estimate of drug-likeness (QED) is 0.723. The SMILES string of the molecule is OC(COC1CCNC1)CC1CCCC1. The molecular formula is C12H23NO2. The second-order valence-electron chi connectivity index (χ2n) is 4.99. The summed E-state index contributed by atoms with van der Waals surface area (Å²) in [7, 11) is 0. The molecule has 2 unspecified atom stereocenters. The molecule has 0 bridgehead atoms. The van der Waals surface area contributed by atoms with Crippen LogP contribution in [0.3, 0.4) is 0 Å². The van der Waals surface area contributed by atoms with E-state index in [1.54, 1.807) is 0 Å². The van der Waals surface area contributed by atoms with E-state index in [0.717, 1.165) is 31.8 Å². The first-order chi connectivity index (χ1) is 7.34. The lowest BCUT2D eigenvalue weighted by atomic mass is 10.0. The van der Waals surface area contributed by atoms with E-state index in [-0.39, 0.29) is 6.10 Å². The van der Waals surface area contributed by atoms with Crippen molar-refractivity contribution in [1.82, 2.24) is 5.32 Å². The molecule has 15 heavy (non-hydrogen) atoms. The third-order valence-corrected chi connectivity index (χ3v) is 3.62. The number of hydrogen-bond acceptors (Lipinski definition) is 3. The highest BCUT2D eigenvalue weighted by atomic mass is 16.5. The van der Waals surface area contributed by atoms with E-state index in [1.807, 2.05) is 0 Å². The fraction of sp³-hybridized carbons (Fsp3) is 1.00. The van der Waals surface area contributed by atoms with Crippen LogP contribution in [0, 0.1) is 5.92 Å². The van der Waals surface area contributed by atoms with Crippen LogP contribution < -0.4 is 5.32 Å². The summed E-state index contributed by atoms with van der Waals surface area (Å²) in [5.41, 5.74) is 0. The Morgan fingerprint density at radius 2 is 2.07 bits per heavy atom. The molecule has 0 radical (unpaired) electrons. The van der Waals surface area contributed by atoms with Crippen LogP contribution >= 0.6 is 0 Å². The molecule has 1 aliphatic carbocycles. The van der Waals surface area contributed by atoms with Gasteiger partial charge in [-0.3, -0.25) is 0 Å². The summed E-state index contributed by atoms with van der Waals surface area (Å²) in [6.45, 7) is 2.54. The molecule has 2 atom stereocenters. The van der Waals surface area contributed by atoms with Gasteiger partial charge in [0.1, 0.15) is 0 Å². The predicted molar refractivity (Wildman–Crippen MR) is 59.8 cm³/mol. The summed E-state index contributed by atoms with van der Waals surface area (Å²) in [5.74, 6) is 0.755. The summed E-state index contributed by atoms with van der Waals surface area (Å²) < 4.78 is 5.66. The second-order valence-corrected chi connectivity index (χ2v) is 4.99. The van der Waals surface area contributed by atoms with Crippen LogP contribution in [-0.2, 0) is 4.74 Å². The summed E-state index contributed by atoms with van der Waals surface area (Å²) in [4.78, 5) is 0. The van der Waals surface area contributed by atoms with Gasteiger partial charge in [-0.2, -0.15) is 0 Å². The van der Waals surface area contributed by atoms with Crippen LogP contribution in [0.1, 0.15) is 38.5 Å². The Bertz CT molecular complexity index is 174. The van der Waals surface area contributed by atoms with Crippen molar-refractivity contribution in [3.05, 3.63) is 0 Å². The van der Waals surface area contributed by atoms with Gasteiger partial charge in [0.25, 0.3) is 0 Å². The minimum atomic E-state index is -0.242. The van der Waals surface area contributed by atoms with Crippen molar-refractivity contribution in [3.63, 3.8) is 0 Å². The van der Waals surface area contributed by atoms with Gasteiger partial charge in [0.15, 0.2) is 0 Å². The fourth-order valence-corrected chi connectivity index (χ4v) is 2.72. The molecule has 0 aromatic rings.